The zero-order valence-electron chi connectivity index (χ0n) is 18.6. The Morgan fingerprint density at radius 2 is 1.97 bits per heavy atom. The van der Waals surface area contributed by atoms with E-state index in [0.717, 1.165) is 62.2 Å². The van der Waals surface area contributed by atoms with Crippen molar-refractivity contribution < 1.29 is 4.74 Å². The average Bonchev–Trinajstić information content (AvgIpc) is 3.38. The predicted octanol–water partition coefficient (Wildman–Crippen LogP) is 4.77. The van der Waals surface area contributed by atoms with Crippen molar-refractivity contribution in [3.05, 3.63) is 66.6 Å². The lowest BCUT2D eigenvalue weighted by Gasteiger charge is -2.35. The number of hydrogen-bond donors (Lipinski definition) is 1. The molecule has 0 saturated carbocycles. The maximum absolute atomic E-state index is 5.69. The van der Waals surface area contributed by atoms with E-state index in [9.17, 15) is 0 Å². The Hall–Kier alpha value is -3.84. The third-order valence-corrected chi connectivity index (χ3v) is 6.37. The number of nitrogens with zero attached hydrogens (tertiary/aromatic N) is 5. The summed E-state index contributed by atoms with van der Waals surface area (Å²) in [5.74, 6) is 0.933. The van der Waals surface area contributed by atoms with Crippen molar-refractivity contribution in [3.63, 3.8) is 0 Å². The second-order valence-electron chi connectivity index (χ2n) is 8.50. The highest BCUT2D eigenvalue weighted by Gasteiger charge is 2.24. The van der Waals surface area contributed by atoms with Gasteiger partial charge < -0.3 is 9.64 Å². The van der Waals surface area contributed by atoms with Crippen molar-refractivity contribution in [3.8, 4) is 22.5 Å². The normalized spacial score (nSPS) is 16.5. The molecule has 6 rings (SSSR count). The van der Waals surface area contributed by atoms with Gasteiger partial charge in [-0.25, -0.2) is 4.98 Å². The number of hydrogen-bond acceptors (Lipinski definition) is 6. The van der Waals surface area contributed by atoms with Gasteiger partial charge in [-0.15, -0.1) is 0 Å². The van der Waals surface area contributed by atoms with Gasteiger partial charge in [-0.05, 0) is 54.8 Å². The predicted molar refractivity (Wildman–Crippen MR) is 130 cm³/mol. The smallest absolute Gasteiger partial charge is 0.130 e. The van der Waals surface area contributed by atoms with Crippen LogP contribution in [0.2, 0.25) is 0 Å². The second-order valence-corrected chi connectivity index (χ2v) is 8.50. The van der Waals surface area contributed by atoms with E-state index in [4.69, 9.17) is 14.7 Å². The summed E-state index contributed by atoms with van der Waals surface area (Å²) >= 11 is 0. The van der Waals surface area contributed by atoms with Gasteiger partial charge in [-0.3, -0.25) is 15.1 Å². The monoisotopic (exact) mass is 436 g/mol. The lowest BCUT2D eigenvalue weighted by Crippen LogP contribution is -2.44. The zero-order valence-corrected chi connectivity index (χ0v) is 18.6. The summed E-state index contributed by atoms with van der Waals surface area (Å²) in [5, 5.41) is 9.42. The average molecular weight is 437 g/mol. The van der Waals surface area contributed by atoms with Gasteiger partial charge in [0.25, 0.3) is 0 Å². The molecule has 7 heteroatoms. The van der Waals surface area contributed by atoms with Gasteiger partial charge in [0.15, 0.2) is 0 Å². The van der Waals surface area contributed by atoms with Crippen LogP contribution in [-0.4, -0.2) is 50.9 Å². The van der Waals surface area contributed by atoms with Crippen molar-refractivity contribution in [2.24, 2.45) is 0 Å². The molecular weight excluding hydrogens is 412 g/mol. The first kappa shape index (κ1) is 19.8. The van der Waals surface area contributed by atoms with Crippen LogP contribution in [0.1, 0.15) is 12.5 Å². The fraction of sp³-hybridized carbons (Fsp3) is 0.231. The van der Waals surface area contributed by atoms with Gasteiger partial charge in [0.2, 0.25) is 0 Å². The number of aromatic amines is 1. The van der Waals surface area contributed by atoms with E-state index < -0.39 is 0 Å². The number of ether oxygens (including phenoxy) is 1. The quantitative estimate of drug-likeness (QED) is 0.439. The molecule has 4 aromatic heterocycles. The SMILES string of the molecule is Cc1cnc(-c2ccn[nH]2)c2nc(N3CCOC[C@H]3C)cc(-c3ccnc4ccccc34)c12. The molecule has 0 bridgehead atoms. The number of nitrogens with one attached hydrogen (secondary N) is 1. The molecular formula is C26H24N6O. The summed E-state index contributed by atoms with van der Waals surface area (Å²) in [4.78, 5) is 16.9. The number of anilines is 1. The van der Waals surface area contributed by atoms with Crippen molar-refractivity contribution in [2.75, 3.05) is 24.7 Å². The first-order chi connectivity index (χ1) is 16.2. The van der Waals surface area contributed by atoms with Gasteiger partial charge in [0.05, 0.1) is 30.5 Å². The molecule has 1 N–H and O–H groups in total. The van der Waals surface area contributed by atoms with Crippen LogP contribution in [0.3, 0.4) is 0 Å². The first-order valence-electron chi connectivity index (χ1n) is 11.2. The van der Waals surface area contributed by atoms with Crippen LogP contribution in [0.5, 0.6) is 0 Å². The molecule has 0 amide bonds. The highest BCUT2D eigenvalue weighted by molar-refractivity contribution is 6.08. The van der Waals surface area contributed by atoms with E-state index in [-0.39, 0.29) is 6.04 Å². The van der Waals surface area contributed by atoms with Crippen LogP contribution >= 0.6 is 0 Å². The minimum atomic E-state index is 0.235. The fourth-order valence-corrected chi connectivity index (χ4v) is 4.73. The van der Waals surface area contributed by atoms with E-state index in [1.54, 1.807) is 6.20 Å². The van der Waals surface area contributed by atoms with E-state index in [1.807, 2.05) is 24.5 Å². The molecule has 164 valence electrons. The number of fused-ring (bicyclic) bond motifs is 2. The van der Waals surface area contributed by atoms with Crippen molar-refractivity contribution in [2.45, 2.75) is 19.9 Å². The number of aromatic nitrogens is 5. The third-order valence-electron chi connectivity index (χ3n) is 6.37. The summed E-state index contributed by atoms with van der Waals surface area (Å²) in [6, 6.07) is 14.8. The molecule has 1 atom stereocenters. The van der Waals surface area contributed by atoms with E-state index in [1.165, 1.54) is 0 Å². The number of benzene rings is 1. The summed E-state index contributed by atoms with van der Waals surface area (Å²) < 4.78 is 5.69. The zero-order chi connectivity index (χ0) is 22.4. The van der Waals surface area contributed by atoms with Gasteiger partial charge >= 0.3 is 0 Å². The molecule has 0 radical (unpaired) electrons. The number of pyridine rings is 3. The second kappa shape index (κ2) is 7.94. The van der Waals surface area contributed by atoms with E-state index >= 15 is 0 Å². The molecule has 0 spiro atoms. The van der Waals surface area contributed by atoms with Crippen LogP contribution in [0, 0.1) is 6.92 Å². The summed E-state index contributed by atoms with van der Waals surface area (Å²) in [5.41, 5.74) is 6.85. The number of rotatable bonds is 3. The van der Waals surface area contributed by atoms with Crippen LogP contribution in [0.25, 0.3) is 44.3 Å². The van der Waals surface area contributed by atoms with Crippen molar-refractivity contribution >= 4 is 27.6 Å². The fourth-order valence-electron chi connectivity index (χ4n) is 4.73. The Kier molecular flexibility index (Phi) is 4.77. The maximum atomic E-state index is 5.69. The van der Waals surface area contributed by atoms with Crippen LogP contribution in [0.15, 0.2) is 61.1 Å². The highest BCUT2D eigenvalue weighted by atomic mass is 16.5. The molecule has 5 heterocycles. The Labute approximate surface area is 191 Å². The molecule has 5 aromatic rings. The largest absolute Gasteiger partial charge is 0.377 e. The first-order valence-corrected chi connectivity index (χ1v) is 11.2. The lowest BCUT2D eigenvalue weighted by atomic mass is 9.95. The summed E-state index contributed by atoms with van der Waals surface area (Å²) in [7, 11) is 0. The van der Waals surface area contributed by atoms with Crippen molar-refractivity contribution in [1.82, 2.24) is 25.1 Å². The number of morpholine rings is 1. The standard InChI is InChI=1S/C26H24N6O/c1-16-14-28-25(22-8-10-29-31-22)26-24(16)20(13-23(30-26)32-11-12-33-15-17(32)2)18-7-9-27-21-6-4-3-5-19(18)21/h3-10,13-14,17H,11-12,15H2,1-2H3,(H,29,31)/t17-/m1/s1. The topological polar surface area (TPSA) is 79.8 Å². The Bertz CT molecular complexity index is 1460. The third kappa shape index (κ3) is 3.32. The Morgan fingerprint density at radius 3 is 2.82 bits per heavy atom. The van der Waals surface area contributed by atoms with Gasteiger partial charge in [0, 0.05) is 35.9 Å². The molecule has 1 aromatic carbocycles. The van der Waals surface area contributed by atoms with Crippen LogP contribution in [-0.2, 0) is 4.74 Å². The number of para-hydroxylation sites is 1. The highest BCUT2D eigenvalue weighted by Crippen LogP contribution is 2.39. The lowest BCUT2D eigenvalue weighted by molar-refractivity contribution is 0.0986. The molecule has 0 unspecified atom stereocenters. The molecule has 1 saturated heterocycles. The summed E-state index contributed by atoms with van der Waals surface area (Å²) in [6.07, 6.45) is 5.55. The maximum Gasteiger partial charge on any atom is 0.130 e. The van der Waals surface area contributed by atoms with Gasteiger partial charge in [0.1, 0.15) is 17.0 Å². The van der Waals surface area contributed by atoms with Crippen LogP contribution < -0.4 is 4.90 Å². The number of aryl methyl sites for hydroxylation is 1. The molecule has 1 fully saturated rings. The molecule has 7 nitrogen and oxygen atoms in total. The number of H-pyrrole nitrogens is 1. The van der Waals surface area contributed by atoms with Crippen molar-refractivity contribution in [1.29, 1.82) is 0 Å². The van der Waals surface area contributed by atoms with E-state index in [0.29, 0.717) is 13.2 Å². The summed E-state index contributed by atoms with van der Waals surface area (Å²) in [6.45, 7) is 6.45. The van der Waals surface area contributed by atoms with Gasteiger partial charge in [-0.2, -0.15) is 5.10 Å². The molecule has 1 aliphatic rings. The minimum absolute atomic E-state index is 0.235. The Morgan fingerprint density at radius 1 is 1.06 bits per heavy atom. The molecule has 0 aliphatic carbocycles. The molecule has 33 heavy (non-hydrogen) atoms. The van der Waals surface area contributed by atoms with E-state index in [2.05, 4.69) is 64.3 Å². The minimum Gasteiger partial charge on any atom is -0.377 e. The van der Waals surface area contributed by atoms with Gasteiger partial charge in [-0.1, -0.05) is 18.2 Å². The van der Waals surface area contributed by atoms with Crippen LogP contribution in [0.4, 0.5) is 5.82 Å². The molecule has 1 aliphatic heterocycles. The Balaban J connectivity index is 1.71.